The Hall–Kier alpha value is 3.86. The van der Waals surface area contributed by atoms with E-state index in [9.17, 15) is 0 Å². The average molecular weight is 1100 g/mol. The summed E-state index contributed by atoms with van der Waals surface area (Å²) in [6, 6.07) is 0. The molecule has 0 saturated carbocycles. The third-order valence-corrected chi connectivity index (χ3v) is 0. The van der Waals surface area contributed by atoms with Crippen molar-refractivity contribution in [1.29, 1.82) is 0 Å². The van der Waals surface area contributed by atoms with Crippen molar-refractivity contribution < 1.29 is 278 Å². The maximum atomic E-state index is 6.25. The number of hydrogen-bond acceptors (Lipinski definition) is 1. The first-order chi connectivity index (χ1) is 1.00. The summed E-state index contributed by atoms with van der Waals surface area (Å²) in [4.78, 5) is 0. The molecule has 0 spiro atoms. The molecule has 0 atom stereocenters. The fourth-order valence-corrected chi connectivity index (χ4v) is 0. The smallest absolute Gasteiger partial charge is 0 e. The van der Waals surface area contributed by atoms with Gasteiger partial charge in [0.2, 0.25) is 0 Å². The van der Waals surface area contributed by atoms with Gasteiger partial charge >= 0.3 is 0 Å². The Morgan fingerprint density at radius 2 is 0.194 bits per heavy atom. The summed E-state index contributed by atoms with van der Waals surface area (Å²) in [6.45, 7) is 0. The standard InChI is InChI=1S/7Mo.H2O2.22H2O/c;;;;;;;1-2;;;;;;;;;;;;;;;;;;;;;;/h;;;;;;;1-2H;22*1H2/p+3. The molecule has 0 aromatic heterocycles. The van der Waals surface area contributed by atoms with Crippen LogP contribution in [0.4, 0.5) is 0 Å². The first kappa shape index (κ1) is 1690. The van der Waals surface area contributed by atoms with E-state index in [1.807, 2.05) is 0 Å². The molecule has 31 heteroatoms. The fraction of sp³-hybridized carbons (Fsp3) is 0. The van der Waals surface area contributed by atoms with Gasteiger partial charge in [-0.3, -0.25) is 5.26 Å². The van der Waals surface area contributed by atoms with Gasteiger partial charge < -0.3 is 120 Å². The van der Waals surface area contributed by atoms with Crippen molar-refractivity contribution in [2.45, 2.75) is 0 Å². The SMILES string of the molecule is O.O.O.O.O.O.O.O.O.O.O.O.O.O.O.O.O.O.O.O.O[OH2+].[Mo].[Mo].[Mo].[Mo].[Mo].[Mo].[Mo].[OH3+].[OH3+]. The maximum Gasteiger partial charge on any atom is 0 e. The van der Waals surface area contributed by atoms with Gasteiger partial charge in [-0.1, -0.05) is 0 Å². The molecule has 0 aromatic rings. The van der Waals surface area contributed by atoms with Crippen LogP contribution < -0.4 is 0 Å². The minimum atomic E-state index is 0. The van der Waals surface area contributed by atoms with Gasteiger partial charge in [-0.15, -0.1) is 5.26 Å². The Bertz CT molecular complexity index is 23.9. The van der Waals surface area contributed by atoms with E-state index in [1.165, 1.54) is 0 Å². The van der Waals surface area contributed by atoms with E-state index < -0.39 is 0 Å². The van der Waals surface area contributed by atoms with Crippen molar-refractivity contribution in [3.05, 3.63) is 0 Å². The average Bonchev–Trinajstić information content (AvgIpc) is 1.00. The summed E-state index contributed by atoms with van der Waals surface area (Å²) in [5, 5.41) is 11.0. The van der Waals surface area contributed by atoms with Gasteiger partial charge in [0.15, 0.2) is 0 Å². The minimum absolute atomic E-state index is 0. The summed E-state index contributed by atoms with van der Waals surface area (Å²) in [7, 11) is 0. The molecule has 49 N–H and O–H groups in total. The van der Waals surface area contributed by atoms with Crippen molar-refractivity contribution >= 4 is 0 Å². The first-order valence-corrected chi connectivity index (χ1v) is 0.224. The van der Waals surface area contributed by atoms with Crippen LogP contribution in [0.1, 0.15) is 0 Å². The van der Waals surface area contributed by atoms with Gasteiger partial charge in [0.05, 0.1) is 0 Å². The van der Waals surface area contributed by atoms with Crippen LogP contribution in [-0.4, -0.2) is 120 Å². The predicted octanol–water partition coefficient (Wildman–Crippen LogP) is -19.2. The Kier molecular flexibility index (Phi) is 134000. The van der Waals surface area contributed by atoms with Gasteiger partial charge in [-0.05, 0) is 0 Å². The van der Waals surface area contributed by atoms with Crippen LogP contribution in [0.25, 0.3) is 0 Å². The zero-order valence-corrected chi connectivity index (χ0v) is 29.0. The van der Waals surface area contributed by atoms with Gasteiger partial charge in [-0.25, -0.2) is 0 Å². The predicted molar refractivity (Wildman–Crippen MR) is 88.3 cm³/mol. The maximum absolute atomic E-state index is 6.25. The van der Waals surface area contributed by atoms with Gasteiger partial charge in [0.25, 0.3) is 0 Å². The number of rotatable bonds is 0. The molecular weight excluding hydrogens is 1060 g/mol. The van der Waals surface area contributed by atoms with E-state index in [1.54, 1.807) is 0 Å². The molecule has 0 aliphatic carbocycles. The van der Waals surface area contributed by atoms with Crippen LogP contribution in [0, 0.1) is 0 Å². The second-order valence-corrected chi connectivity index (χ2v) is 0. The second kappa shape index (κ2) is 2460. The molecule has 0 rings (SSSR count). The Morgan fingerprint density at radius 3 is 0.194 bits per heavy atom. The summed E-state index contributed by atoms with van der Waals surface area (Å²) in [5.74, 6) is 0. The van der Waals surface area contributed by atoms with Crippen LogP contribution in [0.2, 0.25) is 0 Å². The molecule has 0 fully saturated rings. The topological polar surface area (TPSA) is 739 Å². The van der Waals surface area contributed by atoms with E-state index in [-0.39, 0.29) is 268 Å². The summed E-state index contributed by atoms with van der Waals surface area (Å²) >= 11 is 0. The van der Waals surface area contributed by atoms with Crippen LogP contribution >= 0.6 is 0 Å². The molecule has 0 aromatic carbocycles. The van der Waals surface area contributed by atoms with E-state index in [2.05, 4.69) is 0 Å². The molecule has 0 amide bonds. The first-order valence-electron chi connectivity index (χ1n) is 0.224. The van der Waals surface area contributed by atoms with E-state index in [0.29, 0.717) is 0 Å². The van der Waals surface area contributed by atoms with Crippen molar-refractivity contribution in [1.82, 2.24) is 0 Å². The summed E-state index contributed by atoms with van der Waals surface area (Å²) in [6.07, 6.45) is 0. The Balaban J connectivity index is -0.0000000000123. The van der Waals surface area contributed by atoms with Crippen molar-refractivity contribution in [3.63, 3.8) is 0 Å². The quantitative estimate of drug-likeness (QED) is 0.105. The molecule has 0 bridgehead atoms. The second-order valence-electron chi connectivity index (χ2n) is 0. The van der Waals surface area contributed by atoms with E-state index in [0.717, 1.165) is 0 Å². The third kappa shape index (κ3) is 2310. The molecule has 0 aliphatic heterocycles. The Morgan fingerprint density at radius 1 is 0.194 bits per heavy atom. The van der Waals surface area contributed by atoms with E-state index >= 15 is 0 Å². The molecular formula is H49Mo7O24+3. The van der Waals surface area contributed by atoms with E-state index in [4.69, 9.17) is 10.5 Å². The molecule has 24 nitrogen and oxygen atoms in total. The van der Waals surface area contributed by atoms with Gasteiger partial charge in [0.1, 0.15) is 0 Å². The zero-order valence-electron chi connectivity index (χ0n) is 15.0. The fourth-order valence-electron chi connectivity index (χ4n) is 0. The molecule has 0 unspecified atom stereocenters. The minimum Gasteiger partial charge on any atom is -0.457 e. The number of hydrogen-bond donors (Lipinski definition) is 1. The van der Waals surface area contributed by atoms with Crippen LogP contribution in [0.3, 0.4) is 0 Å². The van der Waals surface area contributed by atoms with Crippen LogP contribution in [0.15, 0.2) is 0 Å². The van der Waals surface area contributed by atoms with Crippen molar-refractivity contribution in [2.24, 2.45) is 0 Å². The third-order valence-electron chi connectivity index (χ3n) is 0. The molecule has 232 valence electrons. The van der Waals surface area contributed by atoms with Gasteiger partial charge in [0, 0.05) is 147 Å². The van der Waals surface area contributed by atoms with Crippen LogP contribution in [-0.2, 0) is 158 Å². The van der Waals surface area contributed by atoms with Crippen molar-refractivity contribution in [3.8, 4) is 0 Å². The normalized spacial score (nSPS) is 0.194. The molecule has 31 heavy (non-hydrogen) atoms. The van der Waals surface area contributed by atoms with Crippen molar-refractivity contribution in [2.75, 3.05) is 0 Å². The summed E-state index contributed by atoms with van der Waals surface area (Å²) in [5.41, 5.74) is 0. The zero-order chi connectivity index (χ0) is 2.00. The molecule has 0 saturated heterocycles. The largest absolute Gasteiger partial charge is 0.457 e. The van der Waals surface area contributed by atoms with Gasteiger partial charge in [-0.2, -0.15) is 0 Å². The molecule has 0 radical (unpaired) electrons. The van der Waals surface area contributed by atoms with Crippen LogP contribution in [0.5, 0.6) is 0 Å². The Labute approximate surface area is 275 Å². The molecule has 0 heterocycles. The molecule has 0 aliphatic rings. The summed E-state index contributed by atoms with van der Waals surface area (Å²) < 4.78 is 0. The monoisotopic (exact) mass is 1120 g/mol.